The molecule has 2 unspecified atom stereocenters. The van der Waals surface area contributed by atoms with Crippen LogP contribution >= 0.6 is 11.6 Å². The zero-order chi connectivity index (χ0) is 13.2. The Kier molecular flexibility index (Phi) is 4.25. The summed E-state index contributed by atoms with van der Waals surface area (Å²) in [5.41, 5.74) is 0.635. The van der Waals surface area contributed by atoms with Crippen molar-refractivity contribution >= 4 is 11.6 Å². The minimum absolute atomic E-state index is 0.0414. The van der Waals surface area contributed by atoms with E-state index in [0.29, 0.717) is 12.0 Å². The Morgan fingerprint density at radius 1 is 1.56 bits per heavy atom. The third kappa shape index (κ3) is 2.53. The number of hydrogen-bond acceptors (Lipinski definition) is 2. The lowest BCUT2D eigenvalue weighted by Crippen LogP contribution is -2.40. The van der Waals surface area contributed by atoms with E-state index < -0.39 is 0 Å². The predicted molar refractivity (Wildman–Crippen MR) is 71.5 cm³/mol. The summed E-state index contributed by atoms with van der Waals surface area (Å²) in [4.78, 5) is 0. The lowest BCUT2D eigenvalue weighted by atomic mass is 9.76. The van der Waals surface area contributed by atoms with Gasteiger partial charge in [0.25, 0.3) is 0 Å². The van der Waals surface area contributed by atoms with E-state index >= 15 is 0 Å². The Morgan fingerprint density at radius 2 is 2.33 bits per heavy atom. The Labute approximate surface area is 112 Å². The SMILES string of the molecule is CNCC1(Cc2cccc(Cl)c2F)CCOC1C. The van der Waals surface area contributed by atoms with Crippen molar-refractivity contribution in [2.24, 2.45) is 5.41 Å². The monoisotopic (exact) mass is 271 g/mol. The van der Waals surface area contributed by atoms with Crippen LogP contribution in [0.3, 0.4) is 0 Å². The summed E-state index contributed by atoms with van der Waals surface area (Å²) >= 11 is 5.84. The van der Waals surface area contributed by atoms with Gasteiger partial charge in [0.2, 0.25) is 0 Å². The second kappa shape index (κ2) is 5.55. The highest BCUT2D eigenvalue weighted by atomic mass is 35.5. The first-order chi connectivity index (χ1) is 8.59. The zero-order valence-electron chi connectivity index (χ0n) is 10.8. The Bertz CT molecular complexity index is 426. The van der Waals surface area contributed by atoms with Crippen molar-refractivity contribution < 1.29 is 9.13 Å². The molecule has 2 atom stereocenters. The summed E-state index contributed by atoms with van der Waals surface area (Å²) in [6, 6.07) is 5.19. The summed E-state index contributed by atoms with van der Waals surface area (Å²) in [6.07, 6.45) is 1.73. The number of rotatable bonds is 4. The molecule has 1 fully saturated rings. The minimum atomic E-state index is -0.297. The number of ether oxygens (including phenoxy) is 1. The third-order valence-corrected chi connectivity index (χ3v) is 4.23. The molecule has 1 aliphatic heterocycles. The van der Waals surface area contributed by atoms with Crippen molar-refractivity contribution in [3.05, 3.63) is 34.6 Å². The first-order valence-electron chi connectivity index (χ1n) is 6.28. The van der Waals surface area contributed by atoms with Crippen molar-refractivity contribution in [1.29, 1.82) is 0 Å². The molecule has 1 aromatic carbocycles. The fraction of sp³-hybridized carbons (Fsp3) is 0.571. The number of benzene rings is 1. The van der Waals surface area contributed by atoms with Crippen molar-refractivity contribution in [3.8, 4) is 0 Å². The van der Waals surface area contributed by atoms with E-state index in [2.05, 4.69) is 12.2 Å². The van der Waals surface area contributed by atoms with Gasteiger partial charge in [-0.2, -0.15) is 0 Å². The van der Waals surface area contributed by atoms with E-state index in [-0.39, 0.29) is 22.4 Å². The van der Waals surface area contributed by atoms with Crippen LogP contribution in [0.25, 0.3) is 0 Å². The largest absolute Gasteiger partial charge is 0.378 e. The minimum Gasteiger partial charge on any atom is -0.378 e. The van der Waals surface area contributed by atoms with Crippen LogP contribution < -0.4 is 5.32 Å². The van der Waals surface area contributed by atoms with E-state index in [1.807, 2.05) is 13.1 Å². The molecular formula is C14H19ClFNO. The second-order valence-corrected chi connectivity index (χ2v) is 5.45. The molecule has 1 aliphatic rings. The molecule has 100 valence electrons. The van der Waals surface area contributed by atoms with Gasteiger partial charge < -0.3 is 10.1 Å². The molecule has 1 saturated heterocycles. The lowest BCUT2D eigenvalue weighted by Gasteiger charge is -2.32. The van der Waals surface area contributed by atoms with Crippen molar-refractivity contribution in [1.82, 2.24) is 5.32 Å². The van der Waals surface area contributed by atoms with Gasteiger partial charge in [-0.15, -0.1) is 0 Å². The van der Waals surface area contributed by atoms with Crippen molar-refractivity contribution in [2.45, 2.75) is 25.9 Å². The number of nitrogens with one attached hydrogen (secondary N) is 1. The average molecular weight is 272 g/mol. The molecule has 1 aromatic rings. The van der Waals surface area contributed by atoms with Gasteiger partial charge in [0.05, 0.1) is 11.1 Å². The first kappa shape index (κ1) is 13.8. The van der Waals surface area contributed by atoms with Crippen LogP contribution in [0.1, 0.15) is 18.9 Å². The molecule has 0 bridgehead atoms. The fourth-order valence-corrected chi connectivity index (χ4v) is 2.96. The summed E-state index contributed by atoms with van der Waals surface area (Å²) in [7, 11) is 1.92. The van der Waals surface area contributed by atoms with E-state index in [1.165, 1.54) is 0 Å². The number of halogens is 2. The van der Waals surface area contributed by atoms with Gasteiger partial charge in [-0.05, 0) is 38.4 Å². The summed E-state index contributed by atoms with van der Waals surface area (Å²) in [5.74, 6) is -0.297. The van der Waals surface area contributed by atoms with Gasteiger partial charge in [-0.3, -0.25) is 0 Å². The molecule has 0 aromatic heterocycles. The van der Waals surface area contributed by atoms with E-state index in [4.69, 9.17) is 16.3 Å². The highest BCUT2D eigenvalue weighted by Crippen LogP contribution is 2.38. The smallest absolute Gasteiger partial charge is 0.144 e. The maximum Gasteiger partial charge on any atom is 0.144 e. The molecule has 1 heterocycles. The molecule has 0 radical (unpaired) electrons. The molecule has 2 nitrogen and oxygen atoms in total. The van der Waals surface area contributed by atoms with Gasteiger partial charge in [-0.25, -0.2) is 4.39 Å². The van der Waals surface area contributed by atoms with Gasteiger partial charge in [0.1, 0.15) is 5.82 Å². The molecule has 0 spiro atoms. The predicted octanol–water partition coefficient (Wildman–Crippen LogP) is 3.04. The van der Waals surface area contributed by atoms with Crippen LogP contribution in [0, 0.1) is 11.2 Å². The van der Waals surface area contributed by atoms with E-state index in [1.54, 1.807) is 12.1 Å². The highest BCUT2D eigenvalue weighted by molar-refractivity contribution is 6.30. The van der Waals surface area contributed by atoms with Gasteiger partial charge in [0, 0.05) is 18.6 Å². The van der Waals surface area contributed by atoms with Crippen LogP contribution in [-0.4, -0.2) is 26.3 Å². The molecule has 2 rings (SSSR count). The highest BCUT2D eigenvalue weighted by Gasteiger charge is 2.41. The molecule has 0 aliphatic carbocycles. The molecule has 0 saturated carbocycles. The molecular weight excluding hydrogens is 253 g/mol. The van der Waals surface area contributed by atoms with E-state index in [0.717, 1.165) is 19.6 Å². The molecule has 4 heteroatoms. The summed E-state index contributed by atoms with van der Waals surface area (Å²) in [6.45, 7) is 3.62. The number of hydrogen-bond donors (Lipinski definition) is 1. The van der Waals surface area contributed by atoms with Gasteiger partial charge >= 0.3 is 0 Å². The standard InChI is InChI=1S/C14H19ClFNO/c1-10-14(9-17-2,6-7-18-10)8-11-4-3-5-12(15)13(11)16/h3-5,10,17H,6-9H2,1-2H3. The molecule has 0 amide bonds. The Hall–Kier alpha value is -0.640. The quantitative estimate of drug-likeness (QED) is 0.909. The van der Waals surface area contributed by atoms with Crippen LogP contribution in [-0.2, 0) is 11.2 Å². The maximum atomic E-state index is 14.0. The topological polar surface area (TPSA) is 21.3 Å². The maximum absolute atomic E-state index is 14.0. The summed E-state index contributed by atoms with van der Waals surface area (Å²) < 4.78 is 19.7. The van der Waals surface area contributed by atoms with E-state index in [9.17, 15) is 4.39 Å². The van der Waals surface area contributed by atoms with Crippen LogP contribution in [0.15, 0.2) is 18.2 Å². The van der Waals surface area contributed by atoms with Gasteiger partial charge in [-0.1, -0.05) is 23.7 Å². The zero-order valence-corrected chi connectivity index (χ0v) is 11.6. The van der Waals surface area contributed by atoms with Crippen LogP contribution in [0.4, 0.5) is 4.39 Å². The fourth-order valence-electron chi connectivity index (χ4n) is 2.76. The van der Waals surface area contributed by atoms with Crippen LogP contribution in [0.5, 0.6) is 0 Å². The normalized spacial score (nSPS) is 27.7. The summed E-state index contributed by atoms with van der Waals surface area (Å²) in [5, 5.41) is 3.39. The Balaban J connectivity index is 2.26. The molecule has 18 heavy (non-hydrogen) atoms. The average Bonchev–Trinajstić information content (AvgIpc) is 2.68. The lowest BCUT2D eigenvalue weighted by molar-refractivity contribution is 0.0636. The Morgan fingerprint density at radius 3 is 2.94 bits per heavy atom. The van der Waals surface area contributed by atoms with Gasteiger partial charge in [0.15, 0.2) is 0 Å². The first-order valence-corrected chi connectivity index (χ1v) is 6.66. The van der Waals surface area contributed by atoms with Crippen LogP contribution in [0.2, 0.25) is 5.02 Å². The third-order valence-electron chi connectivity index (χ3n) is 3.93. The van der Waals surface area contributed by atoms with Crippen molar-refractivity contribution in [3.63, 3.8) is 0 Å². The van der Waals surface area contributed by atoms with Crippen molar-refractivity contribution in [2.75, 3.05) is 20.2 Å². The molecule has 1 N–H and O–H groups in total. The second-order valence-electron chi connectivity index (χ2n) is 5.05.